The third kappa shape index (κ3) is 5.59. The fourth-order valence-electron chi connectivity index (χ4n) is 2.76. The number of amides is 1. The lowest BCUT2D eigenvalue weighted by atomic mass is 10.2. The van der Waals surface area contributed by atoms with Gasteiger partial charge in [0.05, 0.1) is 0 Å². The van der Waals surface area contributed by atoms with Gasteiger partial charge in [-0.15, -0.1) is 24.2 Å². The van der Waals surface area contributed by atoms with E-state index in [1.165, 1.54) is 4.90 Å². The summed E-state index contributed by atoms with van der Waals surface area (Å²) >= 11 is 1.69. The molecule has 1 aromatic rings. The largest absolute Gasteiger partial charge is 0.481 e. The quantitative estimate of drug-likeness (QED) is 0.760. The average molecular weight is 359 g/mol. The highest BCUT2D eigenvalue weighted by Gasteiger charge is 2.29. The minimum atomic E-state index is -0.452. The molecule has 1 aliphatic rings. The summed E-state index contributed by atoms with van der Waals surface area (Å²) in [6.45, 7) is 6.62. The highest BCUT2D eigenvalue weighted by atomic mass is 35.5. The van der Waals surface area contributed by atoms with Crippen molar-refractivity contribution in [1.29, 1.82) is 0 Å². The van der Waals surface area contributed by atoms with E-state index in [4.69, 9.17) is 4.74 Å². The lowest BCUT2D eigenvalue weighted by molar-refractivity contribution is -0.140. The summed E-state index contributed by atoms with van der Waals surface area (Å²) in [4.78, 5) is 15.9. The summed E-state index contributed by atoms with van der Waals surface area (Å²) in [5, 5.41) is 3.33. The number of hydrogen-bond donors (Lipinski definition) is 1. The molecule has 23 heavy (non-hydrogen) atoms. The Balaban J connectivity index is 0.00000264. The molecule has 130 valence electrons. The molecule has 1 aromatic carbocycles. The number of halogens is 1. The van der Waals surface area contributed by atoms with Gasteiger partial charge in [-0.25, -0.2) is 0 Å². The van der Waals surface area contributed by atoms with Crippen molar-refractivity contribution in [2.45, 2.75) is 43.7 Å². The minimum Gasteiger partial charge on any atom is -0.481 e. The summed E-state index contributed by atoms with van der Waals surface area (Å²) in [7, 11) is 0. The van der Waals surface area contributed by atoms with E-state index in [9.17, 15) is 4.79 Å². The van der Waals surface area contributed by atoms with Gasteiger partial charge in [0.1, 0.15) is 5.75 Å². The highest BCUT2D eigenvalue weighted by Crippen LogP contribution is 2.21. The van der Waals surface area contributed by atoms with Gasteiger partial charge in [0.15, 0.2) is 6.10 Å². The molecule has 4 nitrogen and oxygen atoms in total. The summed E-state index contributed by atoms with van der Waals surface area (Å²) in [6, 6.07) is 8.19. The fraction of sp³-hybridized carbons (Fsp3) is 0.588. The molecule has 0 radical (unpaired) electrons. The van der Waals surface area contributed by atoms with Crippen molar-refractivity contribution in [2.75, 3.05) is 25.9 Å². The molecule has 0 aromatic heterocycles. The number of nitrogens with zero attached hydrogens (tertiary/aromatic N) is 1. The Bertz CT molecular complexity index is 478. The summed E-state index contributed by atoms with van der Waals surface area (Å²) in [6.07, 6.45) is 3.59. The first-order chi connectivity index (χ1) is 10.7. The normalized spacial score (nSPS) is 18.1. The predicted octanol–water partition coefficient (Wildman–Crippen LogP) is 3.20. The molecule has 1 fully saturated rings. The molecule has 1 aliphatic heterocycles. The topological polar surface area (TPSA) is 41.6 Å². The van der Waals surface area contributed by atoms with Crippen molar-refractivity contribution in [3.05, 3.63) is 24.3 Å². The van der Waals surface area contributed by atoms with Crippen molar-refractivity contribution in [3.8, 4) is 5.75 Å². The SMILES string of the molecule is CCCN(C(=O)C(C)Oc1ccc(SC)cc1)C1CCNC1.Cl. The third-order valence-corrected chi connectivity index (χ3v) is 4.69. The number of ether oxygens (including phenoxy) is 1. The van der Waals surface area contributed by atoms with Crippen molar-refractivity contribution >= 4 is 30.1 Å². The maximum atomic E-state index is 12.7. The standard InChI is InChI=1S/C17H26N2O2S.ClH/c1-4-11-19(14-9-10-18-12-14)17(20)13(2)21-15-5-7-16(22-3)8-6-15;/h5-8,13-14,18H,4,9-12H2,1-3H3;1H. The Morgan fingerprint density at radius 1 is 1.43 bits per heavy atom. The average Bonchev–Trinajstić information content (AvgIpc) is 3.06. The van der Waals surface area contributed by atoms with Crippen LogP contribution in [0.5, 0.6) is 5.75 Å². The fourth-order valence-corrected chi connectivity index (χ4v) is 3.17. The molecule has 6 heteroatoms. The molecule has 0 spiro atoms. The number of thioether (sulfide) groups is 1. The van der Waals surface area contributed by atoms with Crippen LogP contribution < -0.4 is 10.1 Å². The van der Waals surface area contributed by atoms with Crippen LogP contribution in [0.15, 0.2) is 29.2 Å². The third-order valence-electron chi connectivity index (χ3n) is 3.94. The van der Waals surface area contributed by atoms with E-state index in [-0.39, 0.29) is 18.3 Å². The van der Waals surface area contributed by atoms with Crippen LogP contribution in [-0.4, -0.2) is 48.8 Å². The molecule has 2 atom stereocenters. The zero-order chi connectivity index (χ0) is 15.9. The van der Waals surface area contributed by atoms with E-state index in [2.05, 4.69) is 12.2 Å². The van der Waals surface area contributed by atoms with Crippen LogP contribution in [-0.2, 0) is 4.79 Å². The second-order valence-electron chi connectivity index (χ2n) is 5.61. The second-order valence-corrected chi connectivity index (χ2v) is 6.49. The van der Waals surface area contributed by atoms with Gasteiger partial charge in [-0.2, -0.15) is 0 Å². The van der Waals surface area contributed by atoms with E-state index in [0.29, 0.717) is 6.04 Å². The van der Waals surface area contributed by atoms with Crippen molar-refractivity contribution in [1.82, 2.24) is 10.2 Å². The van der Waals surface area contributed by atoms with Crippen molar-refractivity contribution < 1.29 is 9.53 Å². The van der Waals surface area contributed by atoms with Crippen LogP contribution in [0.25, 0.3) is 0 Å². The minimum absolute atomic E-state index is 0. The van der Waals surface area contributed by atoms with Gasteiger partial charge in [0.2, 0.25) is 0 Å². The first kappa shape index (κ1) is 20.1. The molecule has 2 rings (SSSR count). The van der Waals surface area contributed by atoms with Gasteiger partial charge in [-0.1, -0.05) is 6.92 Å². The van der Waals surface area contributed by atoms with E-state index in [0.717, 1.165) is 38.2 Å². The van der Waals surface area contributed by atoms with Crippen LogP contribution >= 0.6 is 24.2 Å². The Labute approximate surface area is 149 Å². The number of carbonyl (C=O) groups excluding carboxylic acids is 1. The van der Waals surface area contributed by atoms with E-state index >= 15 is 0 Å². The summed E-state index contributed by atoms with van der Waals surface area (Å²) < 4.78 is 5.84. The summed E-state index contributed by atoms with van der Waals surface area (Å²) in [5.74, 6) is 0.837. The maximum Gasteiger partial charge on any atom is 0.263 e. The molecule has 1 N–H and O–H groups in total. The molecule has 1 saturated heterocycles. The van der Waals surface area contributed by atoms with Gasteiger partial charge < -0.3 is 15.0 Å². The first-order valence-electron chi connectivity index (χ1n) is 7.97. The zero-order valence-electron chi connectivity index (χ0n) is 14.1. The van der Waals surface area contributed by atoms with Crippen LogP contribution in [0.4, 0.5) is 0 Å². The second kappa shape index (κ2) is 10.1. The molecular weight excluding hydrogens is 332 g/mol. The van der Waals surface area contributed by atoms with Crippen LogP contribution in [0, 0.1) is 0 Å². The lowest BCUT2D eigenvalue weighted by Crippen LogP contribution is -2.47. The van der Waals surface area contributed by atoms with Gasteiger partial charge in [-0.05, 0) is 56.8 Å². The van der Waals surface area contributed by atoms with Gasteiger partial charge >= 0.3 is 0 Å². The first-order valence-corrected chi connectivity index (χ1v) is 9.20. The monoisotopic (exact) mass is 358 g/mol. The Kier molecular flexibility index (Phi) is 8.81. The molecule has 2 unspecified atom stereocenters. The number of benzene rings is 1. The van der Waals surface area contributed by atoms with Gasteiger partial charge in [-0.3, -0.25) is 4.79 Å². The zero-order valence-corrected chi connectivity index (χ0v) is 15.7. The Morgan fingerprint density at radius 3 is 2.65 bits per heavy atom. The molecule has 0 saturated carbocycles. The Hall–Kier alpha value is -0.910. The van der Waals surface area contributed by atoms with Crippen molar-refractivity contribution in [2.24, 2.45) is 0 Å². The molecule has 0 bridgehead atoms. The highest BCUT2D eigenvalue weighted by molar-refractivity contribution is 7.98. The maximum absolute atomic E-state index is 12.7. The lowest BCUT2D eigenvalue weighted by Gasteiger charge is -2.30. The van der Waals surface area contributed by atoms with Gasteiger partial charge in [0.25, 0.3) is 5.91 Å². The van der Waals surface area contributed by atoms with E-state index in [1.807, 2.05) is 42.3 Å². The molecule has 1 heterocycles. The molecule has 1 amide bonds. The smallest absolute Gasteiger partial charge is 0.263 e. The molecule has 0 aliphatic carbocycles. The summed E-state index contributed by atoms with van der Waals surface area (Å²) in [5.41, 5.74) is 0. The number of carbonyl (C=O) groups is 1. The molecular formula is C17H27ClN2O2S. The van der Waals surface area contributed by atoms with Crippen LogP contribution in [0.2, 0.25) is 0 Å². The van der Waals surface area contributed by atoms with Crippen LogP contribution in [0.3, 0.4) is 0 Å². The number of hydrogen-bond acceptors (Lipinski definition) is 4. The van der Waals surface area contributed by atoms with Crippen LogP contribution in [0.1, 0.15) is 26.7 Å². The number of nitrogens with one attached hydrogen (secondary N) is 1. The van der Waals surface area contributed by atoms with E-state index in [1.54, 1.807) is 11.8 Å². The van der Waals surface area contributed by atoms with Gasteiger partial charge in [0, 0.05) is 24.0 Å². The van der Waals surface area contributed by atoms with Crippen molar-refractivity contribution in [3.63, 3.8) is 0 Å². The predicted molar refractivity (Wildman–Crippen MR) is 98.8 cm³/mol. The Morgan fingerprint density at radius 2 is 2.13 bits per heavy atom. The van der Waals surface area contributed by atoms with E-state index < -0.39 is 6.10 Å². The number of rotatable bonds is 7.